The van der Waals surface area contributed by atoms with Crippen LogP contribution in [0.5, 0.6) is 0 Å². The Bertz CT molecular complexity index is 1100. The zero-order chi connectivity index (χ0) is 25.3. The predicted molar refractivity (Wildman–Crippen MR) is 129 cm³/mol. The number of rotatable bonds is 8. The van der Waals surface area contributed by atoms with Crippen molar-refractivity contribution in [2.45, 2.75) is 43.6 Å². The number of thiazole rings is 1. The summed E-state index contributed by atoms with van der Waals surface area (Å²) in [6.45, 7) is 4.21. The maximum atomic E-state index is 12.9. The van der Waals surface area contributed by atoms with E-state index in [4.69, 9.17) is 20.0 Å². The van der Waals surface area contributed by atoms with Crippen LogP contribution in [-0.4, -0.2) is 81.9 Å². The molecular formula is C20H24N5NaO7S3. The first-order valence-corrected chi connectivity index (χ1v) is 13.5. The fraction of sp³-hybridized carbons (Fsp3) is 0.550. The van der Waals surface area contributed by atoms with Gasteiger partial charge in [-0.3, -0.25) is 14.5 Å². The fourth-order valence-electron chi connectivity index (χ4n) is 3.83. The van der Waals surface area contributed by atoms with E-state index in [2.05, 4.69) is 15.5 Å². The molecular weight excluding hydrogens is 541 g/mol. The molecule has 3 atom stereocenters. The monoisotopic (exact) mass is 565 g/mol. The summed E-state index contributed by atoms with van der Waals surface area (Å²) in [6.07, 6.45) is 0.576. The standard InChI is InChI=1S/C20H25N5O7S3.Na/c1-20(2)31-5-4-9(32-20)6-33-11-8-34-17-13(16(27)25(17)14(11)18(28)29)23-15(26)12(24-30-3)10-7-35-19(21)22-10;/h7,9,13,17H,4-6,8H2,1-3H3,(H2,21,22)(H,23,26)(H,28,29);/q;+1/p-1/b24-12-;/t9?,13?,17-;/m0./s1. The van der Waals surface area contributed by atoms with E-state index in [-0.39, 0.29) is 57.9 Å². The molecule has 0 saturated carbocycles. The van der Waals surface area contributed by atoms with Crippen LogP contribution in [-0.2, 0) is 28.7 Å². The molecule has 12 nitrogen and oxygen atoms in total. The molecule has 0 aromatic carbocycles. The van der Waals surface area contributed by atoms with Crippen molar-refractivity contribution in [1.82, 2.24) is 15.2 Å². The van der Waals surface area contributed by atoms with Gasteiger partial charge >= 0.3 is 29.6 Å². The van der Waals surface area contributed by atoms with Gasteiger partial charge in [0, 0.05) is 21.8 Å². The molecule has 0 aliphatic carbocycles. The molecule has 2 fully saturated rings. The number of aliphatic carboxylic acids is 1. The van der Waals surface area contributed by atoms with Crippen LogP contribution in [0.1, 0.15) is 26.0 Å². The molecule has 0 spiro atoms. The second-order valence-corrected chi connectivity index (χ2v) is 11.3. The van der Waals surface area contributed by atoms with Gasteiger partial charge in [0.05, 0.1) is 24.4 Å². The molecule has 0 bridgehead atoms. The van der Waals surface area contributed by atoms with Gasteiger partial charge in [-0.25, -0.2) is 4.98 Å². The van der Waals surface area contributed by atoms with E-state index in [9.17, 15) is 19.5 Å². The third-order valence-corrected chi connectivity index (χ3v) is 8.72. The van der Waals surface area contributed by atoms with Crippen molar-refractivity contribution < 1.29 is 63.4 Å². The average Bonchev–Trinajstić information content (AvgIpc) is 3.23. The number of thioether (sulfide) groups is 2. The summed E-state index contributed by atoms with van der Waals surface area (Å²) in [6, 6.07) is -0.939. The van der Waals surface area contributed by atoms with Crippen LogP contribution in [0, 0.1) is 0 Å². The van der Waals surface area contributed by atoms with Crippen molar-refractivity contribution in [3.63, 3.8) is 0 Å². The van der Waals surface area contributed by atoms with Gasteiger partial charge in [-0.05, 0) is 20.3 Å². The number of nitrogens with zero attached hydrogens (tertiary/aromatic N) is 3. The van der Waals surface area contributed by atoms with Gasteiger partial charge in [-0.1, -0.05) is 5.16 Å². The Balaban J connectivity index is 0.00000361. The Morgan fingerprint density at radius 1 is 1.47 bits per heavy atom. The summed E-state index contributed by atoms with van der Waals surface area (Å²) in [5.41, 5.74) is 5.54. The van der Waals surface area contributed by atoms with E-state index < -0.39 is 35.0 Å². The number of nitrogens with two attached hydrogens (primary N) is 1. The van der Waals surface area contributed by atoms with Crippen molar-refractivity contribution in [2.24, 2.45) is 5.16 Å². The molecule has 16 heteroatoms. The van der Waals surface area contributed by atoms with Crippen LogP contribution in [0.4, 0.5) is 5.13 Å². The zero-order valence-electron chi connectivity index (χ0n) is 20.1. The summed E-state index contributed by atoms with van der Waals surface area (Å²) in [7, 11) is 1.28. The first-order valence-electron chi connectivity index (χ1n) is 10.6. The molecule has 1 aromatic heterocycles. The summed E-state index contributed by atoms with van der Waals surface area (Å²) < 4.78 is 11.4. The number of hydrogen-bond donors (Lipinski definition) is 2. The predicted octanol–water partition coefficient (Wildman–Crippen LogP) is -3.28. The minimum Gasteiger partial charge on any atom is -0.543 e. The van der Waals surface area contributed by atoms with Crippen LogP contribution in [0.2, 0.25) is 0 Å². The molecule has 3 N–H and O–H groups in total. The topological polar surface area (TPSA) is 168 Å². The number of fused-ring (bicyclic) bond motifs is 1. The number of anilines is 1. The van der Waals surface area contributed by atoms with E-state index >= 15 is 0 Å². The third kappa shape index (κ3) is 6.20. The molecule has 2 saturated heterocycles. The van der Waals surface area contributed by atoms with E-state index in [0.717, 1.165) is 11.3 Å². The summed E-state index contributed by atoms with van der Waals surface area (Å²) in [5.74, 6) is -2.51. The van der Waals surface area contributed by atoms with Crippen molar-refractivity contribution in [1.29, 1.82) is 0 Å². The van der Waals surface area contributed by atoms with E-state index in [0.29, 0.717) is 29.4 Å². The summed E-state index contributed by atoms with van der Waals surface area (Å²) in [4.78, 5) is 48.2. The number of carboxylic acid groups (broad SMARTS) is 1. The van der Waals surface area contributed by atoms with Crippen molar-refractivity contribution in [2.75, 3.05) is 31.0 Å². The third-order valence-electron chi connectivity index (χ3n) is 5.36. The first kappa shape index (κ1) is 29.2. The molecule has 3 aliphatic rings. The smallest absolute Gasteiger partial charge is 0.543 e. The van der Waals surface area contributed by atoms with Crippen molar-refractivity contribution >= 4 is 63.5 Å². The van der Waals surface area contributed by atoms with E-state index in [1.807, 2.05) is 13.8 Å². The number of carbonyl (C=O) groups excluding carboxylic acids is 3. The number of oxime groups is 1. The Morgan fingerprint density at radius 2 is 2.22 bits per heavy atom. The number of ether oxygens (including phenoxy) is 2. The normalized spacial score (nSPS) is 25.4. The Kier molecular flexibility index (Phi) is 9.76. The summed E-state index contributed by atoms with van der Waals surface area (Å²) >= 11 is 3.81. The van der Waals surface area contributed by atoms with Crippen LogP contribution in [0.15, 0.2) is 21.1 Å². The van der Waals surface area contributed by atoms with Crippen LogP contribution in [0.3, 0.4) is 0 Å². The Hall–Kier alpha value is -1.33. The van der Waals surface area contributed by atoms with Crippen LogP contribution < -0.4 is 45.7 Å². The summed E-state index contributed by atoms with van der Waals surface area (Å²) in [5, 5.41) is 19.5. The molecule has 1 aromatic rings. The van der Waals surface area contributed by atoms with Gasteiger partial charge in [0.15, 0.2) is 16.6 Å². The largest absolute Gasteiger partial charge is 1.00 e. The number of hydrogen-bond acceptors (Lipinski definition) is 13. The molecule has 2 unspecified atom stereocenters. The minimum absolute atomic E-state index is 0. The van der Waals surface area contributed by atoms with Gasteiger partial charge in [-0.2, -0.15) is 0 Å². The second kappa shape index (κ2) is 12.0. The van der Waals surface area contributed by atoms with Gasteiger partial charge < -0.3 is 35.3 Å². The number of β-lactam (4-membered cyclic amide) rings is 1. The SMILES string of the molecule is CO/N=C(\C(=O)NC1C(=O)N2C(C(=O)[O-])=C(SCC3CCOC(C)(C)O3)CS[C@@H]12)c1csc(N)n1.[Na+]. The number of carbonyl (C=O) groups is 3. The quantitative estimate of drug-likeness (QED) is 0.140. The number of carboxylic acids is 1. The number of nitrogens with one attached hydrogen (secondary N) is 1. The number of nitrogen functional groups attached to an aromatic ring is 1. The average molecular weight is 566 g/mol. The van der Waals surface area contributed by atoms with Gasteiger partial charge in [0.2, 0.25) is 0 Å². The van der Waals surface area contributed by atoms with Gasteiger partial charge in [0.1, 0.15) is 24.2 Å². The molecule has 2 amide bonds. The second-order valence-electron chi connectivity index (χ2n) is 8.20. The molecule has 0 radical (unpaired) electrons. The molecule has 3 aliphatic heterocycles. The Labute approximate surface area is 242 Å². The van der Waals surface area contributed by atoms with Crippen LogP contribution in [0.25, 0.3) is 0 Å². The fourth-order valence-corrected chi connectivity index (χ4v) is 7.05. The maximum absolute atomic E-state index is 12.9. The minimum atomic E-state index is -1.44. The van der Waals surface area contributed by atoms with Crippen molar-refractivity contribution in [3.05, 3.63) is 21.7 Å². The van der Waals surface area contributed by atoms with E-state index in [1.54, 1.807) is 5.38 Å². The number of aromatic nitrogens is 1. The van der Waals surface area contributed by atoms with Crippen molar-refractivity contribution in [3.8, 4) is 0 Å². The first-order chi connectivity index (χ1) is 16.6. The van der Waals surface area contributed by atoms with Gasteiger partial charge in [0.25, 0.3) is 11.8 Å². The Morgan fingerprint density at radius 3 is 2.83 bits per heavy atom. The van der Waals surface area contributed by atoms with Crippen LogP contribution >= 0.6 is 34.9 Å². The zero-order valence-corrected chi connectivity index (χ0v) is 24.6. The van der Waals surface area contributed by atoms with E-state index in [1.165, 1.54) is 35.5 Å². The van der Waals surface area contributed by atoms with Gasteiger partial charge in [-0.15, -0.1) is 34.9 Å². The molecule has 4 heterocycles. The molecule has 190 valence electrons. The molecule has 4 rings (SSSR count). The molecule has 36 heavy (non-hydrogen) atoms. The maximum Gasteiger partial charge on any atom is 1.00 e. The number of amides is 2.